The van der Waals surface area contributed by atoms with Crippen LogP contribution < -0.4 is 0 Å². The van der Waals surface area contributed by atoms with Gasteiger partial charge in [0, 0.05) is 62.1 Å². The third kappa shape index (κ3) is 4.90. The van der Waals surface area contributed by atoms with Crippen LogP contribution in [0, 0.1) is 0 Å². The van der Waals surface area contributed by atoms with E-state index in [2.05, 4.69) is 105 Å². The van der Waals surface area contributed by atoms with E-state index in [1.807, 2.05) is 74.1 Å². The van der Waals surface area contributed by atoms with Gasteiger partial charge in [-0.3, -0.25) is 0 Å². The first-order valence-corrected chi connectivity index (χ1v) is 16.3. The van der Waals surface area contributed by atoms with Crippen molar-refractivity contribution in [2.45, 2.75) is 6.92 Å². The average molecular weight is 574 g/mol. The predicted octanol–water partition coefficient (Wildman–Crippen LogP) is 10.9. The highest BCUT2D eigenvalue weighted by Gasteiger charge is 2.22. The summed E-state index contributed by atoms with van der Waals surface area (Å²) in [4.78, 5) is 15.9. The van der Waals surface area contributed by atoms with Gasteiger partial charge < -0.3 is 0 Å². The van der Waals surface area contributed by atoms with Crippen LogP contribution in [0.25, 0.3) is 45.1 Å². The first-order chi connectivity index (χ1) is 17.7. The van der Waals surface area contributed by atoms with Crippen LogP contribution in [0.1, 0.15) is 16.7 Å². The molecule has 6 rings (SSSR count). The monoisotopic (exact) mass is 573 g/mol. The number of thiophene rings is 5. The second-order valence-corrected chi connectivity index (χ2v) is 14.5. The zero-order valence-corrected chi connectivity index (χ0v) is 24.3. The highest BCUT2D eigenvalue weighted by Crippen LogP contribution is 2.44. The van der Waals surface area contributed by atoms with Gasteiger partial charge in [0.15, 0.2) is 0 Å². The molecule has 5 aromatic heterocycles. The Bertz CT molecular complexity index is 1670. The van der Waals surface area contributed by atoms with E-state index in [-0.39, 0.29) is 0 Å². The number of hydrogen-bond donors (Lipinski definition) is 0. The van der Waals surface area contributed by atoms with E-state index >= 15 is 0 Å². The van der Waals surface area contributed by atoms with Crippen molar-refractivity contribution < 1.29 is 0 Å². The molecule has 1 aliphatic heterocycles. The Hall–Kier alpha value is -2.45. The maximum atomic E-state index is 3.80. The molecule has 0 N–H and O–H groups in total. The molecule has 0 aromatic carbocycles. The van der Waals surface area contributed by atoms with Gasteiger partial charge in [-0.2, -0.15) is 0 Å². The molecule has 0 saturated carbocycles. The third-order valence-corrected chi connectivity index (χ3v) is 12.9. The molecule has 176 valence electrons. The Kier molecular flexibility index (Phi) is 6.98. The molecule has 6 heterocycles. The van der Waals surface area contributed by atoms with E-state index in [0.29, 0.717) is 0 Å². The van der Waals surface area contributed by atoms with Crippen LogP contribution in [0.5, 0.6) is 0 Å². The Balaban J connectivity index is 1.20. The minimum atomic E-state index is 1.24. The van der Waals surface area contributed by atoms with Crippen LogP contribution in [-0.4, -0.2) is 4.86 Å². The van der Waals surface area contributed by atoms with Gasteiger partial charge in [-0.15, -0.1) is 56.7 Å². The fraction of sp³-hybridized carbons (Fsp3) is 0.0333. The fourth-order valence-corrected chi connectivity index (χ4v) is 10.2. The molecular weight excluding hydrogens is 553 g/mol. The molecule has 1 aliphatic rings. The molecule has 0 fully saturated rings. The lowest BCUT2D eigenvalue weighted by molar-refractivity contribution is 1.78. The van der Waals surface area contributed by atoms with Crippen LogP contribution in [0.2, 0.25) is 0 Å². The van der Waals surface area contributed by atoms with Crippen molar-refractivity contribution in [2.24, 2.45) is 0 Å². The largest absolute Gasteiger partial charge is 0.248 e. The van der Waals surface area contributed by atoms with Crippen LogP contribution in [0.4, 0.5) is 0 Å². The normalized spacial score (nSPS) is 14.4. The second kappa shape index (κ2) is 10.5. The van der Waals surface area contributed by atoms with Crippen molar-refractivity contribution in [2.75, 3.05) is 0 Å². The second-order valence-electron chi connectivity index (χ2n) is 7.96. The molecule has 0 saturated heterocycles. The zero-order chi connectivity index (χ0) is 24.5. The lowest BCUT2D eigenvalue weighted by Crippen LogP contribution is -1.89. The molecule has 0 spiro atoms. The fourth-order valence-electron chi connectivity index (χ4n) is 3.84. The van der Waals surface area contributed by atoms with Crippen molar-refractivity contribution in [3.63, 3.8) is 0 Å². The van der Waals surface area contributed by atoms with E-state index in [9.17, 15) is 0 Å². The first kappa shape index (κ1) is 23.9. The van der Waals surface area contributed by atoms with Gasteiger partial charge in [-0.05, 0) is 73.7 Å². The Morgan fingerprint density at radius 1 is 0.583 bits per heavy atom. The SMILES string of the molecule is C=C/C=C1\C=CC(c2ccc(-c3ccc(-c4ccc(-c5ccc(-c6ccc(/C=C/C)s6)s5)s4)s3)s2)=[S+]1. The van der Waals surface area contributed by atoms with Gasteiger partial charge in [-0.1, -0.05) is 18.7 Å². The van der Waals surface area contributed by atoms with E-state index in [1.54, 1.807) is 0 Å². The molecule has 6 heteroatoms. The molecule has 0 nitrogen and oxygen atoms in total. The average Bonchev–Trinajstić information content (AvgIpc) is 3.71. The number of hydrogen-bond acceptors (Lipinski definition) is 5. The highest BCUT2D eigenvalue weighted by molar-refractivity contribution is 7.84. The van der Waals surface area contributed by atoms with Gasteiger partial charge in [0.2, 0.25) is 21.1 Å². The zero-order valence-electron chi connectivity index (χ0n) is 19.4. The van der Waals surface area contributed by atoms with Crippen LogP contribution in [0.3, 0.4) is 0 Å². The summed E-state index contributed by atoms with van der Waals surface area (Å²) in [6, 6.07) is 22.5. The Labute approximate surface area is 235 Å². The van der Waals surface area contributed by atoms with E-state index < -0.39 is 0 Å². The van der Waals surface area contributed by atoms with Gasteiger partial charge >= 0.3 is 0 Å². The minimum Gasteiger partial charge on any atom is -0.135 e. The van der Waals surface area contributed by atoms with E-state index in [4.69, 9.17) is 0 Å². The van der Waals surface area contributed by atoms with Gasteiger partial charge in [0.25, 0.3) is 0 Å². The van der Waals surface area contributed by atoms with Crippen molar-refractivity contribution in [3.05, 3.63) is 112 Å². The molecule has 5 aromatic rings. The summed E-state index contributed by atoms with van der Waals surface area (Å²) in [5.74, 6) is 0. The Morgan fingerprint density at radius 2 is 1.03 bits per heavy atom. The molecule has 0 atom stereocenters. The lowest BCUT2D eigenvalue weighted by atomic mass is 10.3. The number of allylic oxidation sites excluding steroid dienone is 5. The Morgan fingerprint density at radius 3 is 1.53 bits per heavy atom. The summed E-state index contributed by atoms with van der Waals surface area (Å²) in [6.07, 6.45) is 12.5. The quantitative estimate of drug-likeness (QED) is 0.134. The summed E-state index contributed by atoms with van der Waals surface area (Å²) >= 11 is 11.2. The maximum absolute atomic E-state index is 3.80. The van der Waals surface area contributed by atoms with Crippen molar-refractivity contribution >= 4 is 79.0 Å². The molecule has 0 amide bonds. The van der Waals surface area contributed by atoms with Crippen LogP contribution in [-0.2, 0) is 11.4 Å². The molecular formula is C30H21S6+. The molecule has 0 bridgehead atoms. The van der Waals surface area contributed by atoms with Gasteiger partial charge in [0.05, 0.1) is 4.88 Å². The predicted molar refractivity (Wildman–Crippen MR) is 171 cm³/mol. The smallest absolute Gasteiger partial charge is 0.135 e. The number of rotatable bonds is 7. The maximum Gasteiger partial charge on any atom is 0.248 e. The summed E-state index contributed by atoms with van der Waals surface area (Å²) < 4.78 is 0. The first-order valence-electron chi connectivity index (χ1n) is 11.4. The van der Waals surface area contributed by atoms with Gasteiger partial charge in [0.1, 0.15) is 0 Å². The summed E-state index contributed by atoms with van der Waals surface area (Å²) in [5.41, 5.74) is 0. The van der Waals surface area contributed by atoms with E-state index in [1.165, 1.54) is 58.5 Å². The summed E-state index contributed by atoms with van der Waals surface area (Å²) in [7, 11) is 0. The minimum absolute atomic E-state index is 1.24. The highest BCUT2D eigenvalue weighted by atomic mass is 32.1. The third-order valence-electron chi connectivity index (χ3n) is 5.50. The summed E-state index contributed by atoms with van der Waals surface area (Å²) in [6.45, 7) is 5.87. The molecule has 36 heavy (non-hydrogen) atoms. The van der Waals surface area contributed by atoms with Crippen LogP contribution in [0.15, 0.2) is 103 Å². The van der Waals surface area contributed by atoms with Gasteiger partial charge in [-0.25, -0.2) is 0 Å². The summed E-state index contributed by atoms with van der Waals surface area (Å²) in [5, 5.41) is 0. The van der Waals surface area contributed by atoms with Crippen molar-refractivity contribution in [3.8, 4) is 39.0 Å². The van der Waals surface area contributed by atoms with E-state index in [0.717, 1.165) is 0 Å². The molecule has 0 aliphatic carbocycles. The molecule has 0 unspecified atom stereocenters. The lowest BCUT2D eigenvalue weighted by Gasteiger charge is -1.92. The van der Waals surface area contributed by atoms with Crippen LogP contribution >= 0.6 is 56.7 Å². The van der Waals surface area contributed by atoms with Crippen molar-refractivity contribution in [1.82, 2.24) is 0 Å². The standard InChI is InChI=1S/C30H21S6/c1-3-5-19-7-9-21(31-19)23-11-13-25(33-23)27-15-17-29(35-27)30-18-16-28(36-30)26-14-12-24(34-26)22-10-8-20(32-22)6-4-2/h3-18H,1H2,2H3/q+1/b6-4+,19-5+. The molecule has 0 radical (unpaired) electrons. The van der Waals surface area contributed by atoms with Crippen molar-refractivity contribution in [1.29, 1.82) is 0 Å². The topological polar surface area (TPSA) is 0 Å².